The van der Waals surface area contributed by atoms with Gasteiger partial charge in [0.2, 0.25) is 0 Å². The van der Waals surface area contributed by atoms with Gasteiger partial charge in [-0.05, 0) is 42.8 Å². The molecule has 2 rings (SSSR count). The van der Waals surface area contributed by atoms with Crippen LogP contribution in [-0.4, -0.2) is 39.1 Å². The summed E-state index contributed by atoms with van der Waals surface area (Å²) in [5.74, 6) is 1.44. The van der Waals surface area contributed by atoms with Gasteiger partial charge in [-0.25, -0.2) is 5.43 Å². The van der Waals surface area contributed by atoms with Gasteiger partial charge < -0.3 is 18.9 Å². The molecule has 0 saturated carbocycles. The molecule has 0 unspecified atom stereocenters. The van der Waals surface area contributed by atoms with Crippen LogP contribution in [0.3, 0.4) is 0 Å². The highest BCUT2D eigenvalue weighted by molar-refractivity contribution is 6.32. The fourth-order valence-electron chi connectivity index (χ4n) is 2.51. The van der Waals surface area contributed by atoms with Crippen LogP contribution in [0.5, 0.6) is 23.0 Å². The lowest BCUT2D eigenvalue weighted by Crippen LogP contribution is -2.17. The highest BCUT2D eigenvalue weighted by Gasteiger charge is 2.13. The summed E-state index contributed by atoms with van der Waals surface area (Å²) in [6.07, 6.45) is 4.70. The van der Waals surface area contributed by atoms with Gasteiger partial charge in [-0.2, -0.15) is 5.10 Å². The number of amides is 1. The third kappa shape index (κ3) is 6.79. The molecule has 2 aromatic carbocycles. The number of halogens is 1. The predicted octanol–water partition coefficient (Wildman–Crippen LogP) is 4.64. The van der Waals surface area contributed by atoms with Crippen LogP contribution in [0, 0.1) is 0 Å². The zero-order valence-corrected chi connectivity index (χ0v) is 18.3. The van der Waals surface area contributed by atoms with E-state index in [4.69, 9.17) is 30.5 Å². The number of hydrogen-bond acceptors (Lipinski definition) is 6. The lowest BCUT2D eigenvalue weighted by molar-refractivity contribution is 0.0954. The number of carbonyl (C=O) groups is 1. The van der Waals surface area contributed by atoms with Crippen LogP contribution in [0.2, 0.25) is 5.02 Å². The van der Waals surface area contributed by atoms with Crippen molar-refractivity contribution in [2.24, 2.45) is 5.10 Å². The van der Waals surface area contributed by atoms with Gasteiger partial charge in [0, 0.05) is 5.56 Å². The number of hydrazone groups is 1. The van der Waals surface area contributed by atoms with E-state index in [9.17, 15) is 4.79 Å². The van der Waals surface area contributed by atoms with Crippen molar-refractivity contribution in [2.75, 3.05) is 26.9 Å². The Morgan fingerprint density at radius 1 is 1.06 bits per heavy atom. The molecule has 0 radical (unpaired) electrons. The van der Waals surface area contributed by atoms with E-state index >= 15 is 0 Å². The number of carbonyl (C=O) groups excluding carboxylic acids is 1. The third-order valence-electron chi connectivity index (χ3n) is 3.84. The molecular formula is C23H25ClN2O5. The number of ether oxygens (including phenoxy) is 4. The van der Waals surface area contributed by atoms with Crippen molar-refractivity contribution < 1.29 is 23.7 Å². The first-order valence-corrected chi connectivity index (χ1v) is 9.87. The van der Waals surface area contributed by atoms with Crippen LogP contribution >= 0.6 is 11.6 Å². The Bertz CT molecular complexity index is 959. The quantitative estimate of drug-likeness (QED) is 0.293. The molecular weight excluding hydrogens is 420 g/mol. The van der Waals surface area contributed by atoms with Crippen molar-refractivity contribution in [3.05, 3.63) is 71.8 Å². The summed E-state index contributed by atoms with van der Waals surface area (Å²) in [6, 6.07) is 8.21. The summed E-state index contributed by atoms with van der Waals surface area (Å²) >= 11 is 6.31. The summed E-state index contributed by atoms with van der Waals surface area (Å²) in [5, 5.41) is 4.36. The second-order valence-corrected chi connectivity index (χ2v) is 6.43. The first kappa shape index (κ1) is 23.8. The van der Waals surface area contributed by atoms with Crippen molar-refractivity contribution >= 4 is 23.7 Å². The minimum Gasteiger partial charge on any atom is -0.493 e. The van der Waals surface area contributed by atoms with Gasteiger partial charge in [-0.1, -0.05) is 36.9 Å². The molecule has 2 aromatic rings. The Morgan fingerprint density at radius 3 is 2.48 bits per heavy atom. The number of nitrogens with one attached hydrogen (secondary N) is 1. The molecule has 7 nitrogen and oxygen atoms in total. The highest BCUT2D eigenvalue weighted by Crippen LogP contribution is 2.36. The Balaban J connectivity index is 2.13. The maximum Gasteiger partial charge on any atom is 0.271 e. The molecule has 0 heterocycles. The molecule has 8 heteroatoms. The number of hydrogen-bond donors (Lipinski definition) is 1. The second-order valence-electron chi connectivity index (χ2n) is 6.03. The van der Waals surface area contributed by atoms with Crippen molar-refractivity contribution in [1.29, 1.82) is 0 Å². The summed E-state index contributed by atoms with van der Waals surface area (Å²) in [4.78, 5) is 12.4. The molecule has 31 heavy (non-hydrogen) atoms. The number of rotatable bonds is 12. The van der Waals surface area contributed by atoms with Crippen LogP contribution in [0.15, 0.2) is 60.7 Å². The highest BCUT2D eigenvalue weighted by atomic mass is 35.5. The Morgan fingerprint density at radius 2 is 1.81 bits per heavy atom. The van der Waals surface area contributed by atoms with Crippen LogP contribution < -0.4 is 24.4 Å². The molecule has 0 fully saturated rings. The van der Waals surface area contributed by atoms with Gasteiger partial charge in [0.25, 0.3) is 5.91 Å². The van der Waals surface area contributed by atoms with Gasteiger partial charge in [-0.15, -0.1) is 0 Å². The zero-order valence-electron chi connectivity index (χ0n) is 17.5. The van der Waals surface area contributed by atoms with E-state index in [0.717, 1.165) is 0 Å². The van der Waals surface area contributed by atoms with E-state index < -0.39 is 5.91 Å². The van der Waals surface area contributed by atoms with E-state index in [1.165, 1.54) is 13.3 Å². The average Bonchev–Trinajstić information content (AvgIpc) is 2.77. The largest absolute Gasteiger partial charge is 0.493 e. The normalized spacial score (nSPS) is 10.4. The van der Waals surface area contributed by atoms with Crippen LogP contribution in [0.4, 0.5) is 0 Å². The molecule has 0 aliphatic carbocycles. The Kier molecular flexibility index (Phi) is 9.45. The fraction of sp³-hybridized carbons (Fsp3) is 0.217. The summed E-state index contributed by atoms with van der Waals surface area (Å²) in [7, 11) is 1.50. The van der Waals surface area contributed by atoms with Gasteiger partial charge in [0.1, 0.15) is 13.2 Å². The smallest absolute Gasteiger partial charge is 0.271 e. The van der Waals surface area contributed by atoms with Crippen molar-refractivity contribution in [1.82, 2.24) is 5.43 Å². The van der Waals surface area contributed by atoms with Gasteiger partial charge in [0.15, 0.2) is 23.0 Å². The van der Waals surface area contributed by atoms with E-state index in [1.807, 2.05) is 6.92 Å². The molecule has 0 aliphatic rings. The molecule has 1 N–H and O–H groups in total. The molecule has 164 valence electrons. The summed E-state index contributed by atoms with van der Waals surface area (Å²) < 4.78 is 21.9. The molecule has 0 bridgehead atoms. The van der Waals surface area contributed by atoms with Crippen molar-refractivity contribution in [2.45, 2.75) is 6.92 Å². The van der Waals surface area contributed by atoms with Gasteiger partial charge in [-0.3, -0.25) is 4.79 Å². The molecule has 0 spiro atoms. The SMILES string of the molecule is C=CCOc1ccc(C(=O)N/N=C/c2cc(Cl)c(OCC=C)c(OCC)c2)cc1OC. The fourth-order valence-corrected chi connectivity index (χ4v) is 2.79. The molecule has 0 saturated heterocycles. The topological polar surface area (TPSA) is 78.4 Å². The third-order valence-corrected chi connectivity index (χ3v) is 4.12. The maximum atomic E-state index is 12.4. The number of benzene rings is 2. The molecule has 0 aromatic heterocycles. The first-order valence-electron chi connectivity index (χ1n) is 9.49. The average molecular weight is 445 g/mol. The zero-order chi connectivity index (χ0) is 22.6. The van der Waals surface area contributed by atoms with Crippen LogP contribution in [0.1, 0.15) is 22.8 Å². The lowest BCUT2D eigenvalue weighted by Gasteiger charge is -2.13. The van der Waals surface area contributed by atoms with Gasteiger partial charge >= 0.3 is 0 Å². The Labute approximate surface area is 186 Å². The van der Waals surface area contributed by atoms with Crippen LogP contribution in [-0.2, 0) is 0 Å². The van der Waals surface area contributed by atoms with Crippen molar-refractivity contribution in [3.8, 4) is 23.0 Å². The first-order chi connectivity index (χ1) is 15.0. The lowest BCUT2D eigenvalue weighted by atomic mass is 10.2. The van der Waals surface area contributed by atoms with Crippen molar-refractivity contribution in [3.63, 3.8) is 0 Å². The Hall–Kier alpha value is -3.45. The number of nitrogens with zero attached hydrogens (tertiary/aromatic N) is 1. The van der Waals surface area contributed by atoms with Gasteiger partial charge in [0.05, 0.1) is 25.0 Å². The molecule has 0 atom stereocenters. The maximum absolute atomic E-state index is 12.4. The van der Waals surface area contributed by atoms with E-state index in [1.54, 1.807) is 42.5 Å². The monoisotopic (exact) mass is 444 g/mol. The minimum atomic E-state index is -0.410. The summed E-state index contributed by atoms with van der Waals surface area (Å²) in [6.45, 7) is 10.1. The molecule has 1 amide bonds. The standard InChI is InChI=1S/C23H25ClN2O5/c1-5-10-30-19-9-8-17(14-20(19)28-4)23(27)26-25-15-16-12-18(24)22(31-11-6-2)21(13-16)29-7-3/h5-6,8-9,12-15H,1-2,7,10-11H2,3-4H3,(H,26,27)/b25-15+. The second kappa shape index (κ2) is 12.3. The summed E-state index contributed by atoms with van der Waals surface area (Å²) in [5.41, 5.74) is 3.46. The van der Waals surface area contributed by atoms with E-state index in [0.29, 0.717) is 59.0 Å². The van der Waals surface area contributed by atoms with E-state index in [2.05, 4.69) is 23.7 Å². The predicted molar refractivity (Wildman–Crippen MR) is 122 cm³/mol. The van der Waals surface area contributed by atoms with E-state index in [-0.39, 0.29) is 0 Å². The van der Waals surface area contributed by atoms with Crippen LogP contribution in [0.25, 0.3) is 0 Å². The number of methoxy groups -OCH3 is 1. The minimum absolute atomic E-state index is 0.296. The molecule has 0 aliphatic heterocycles.